The summed E-state index contributed by atoms with van der Waals surface area (Å²) in [6, 6.07) is -1.62. The Labute approximate surface area is 383 Å². The van der Waals surface area contributed by atoms with Crippen LogP contribution in [-0.4, -0.2) is 191 Å². The average Bonchev–Trinajstić information content (AvgIpc) is 3.21. The first-order valence-electron chi connectivity index (χ1n) is 23.7. The number of hydrogen-bond donors (Lipinski definition) is 6. The molecule has 0 bridgehead atoms. The zero-order chi connectivity index (χ0) is 48.3. The van der Waals surface area contributed by atoms with E-state index in [1.54, 1.807) is 41.5 Å². The average molecular weight is 939 g/mol. The Morgan fingerprint density at radius 3 is 2.12 bits per heavy atom. The second kappa shape index (κ2) is 22.1. The summed E-state index contributed by atoms with van der Waals surface area (Å²) in [5, 5.41) is 66.4. The summed E-state index contributed by atoms with van der Waals surface area (Å²) in [6.07, 6.45) is -6.02. The highest BCUT2D eigenvalue weighted by molar-refractivity contribution is 7.86. The van der Waals surface area contributed by atoms with Crippen LogP contribution in [0.15, 0.2) is 0 Å². The molecule has 0 aromatic carbocycles. The van der Waals surface area contributed by atoms with Crippen molar-refractivity contribution in [3.05, 3.63) is 0 Å². The number of aliphatic hydroxyl groups excluding tert-OH is 2. The molecular formula is C45H86N4O14S. The molecule has 4 saturated heterocycles. The van der Waals surface area contributed by atoms with Crippen molar-refractivity contribution in [3.8, 4) is 0 Å². The van der Waals surface area contributed by atoms with Gasteiger partial charge in [0.2, 0.25) is 0 Å². The minimum absolute atomic E-state index is 0.0509. The standard InChI is InChI=1S/C45H86N4O14S/c1-14-19-49-25-27(3)23-42(9,53)39(63-41-36(50)33(22-28(4)59-41)47(12)64(46,56)57)29(5)37(30(6)40(52)61-34(15-2)44(11,54)38(51)31(49)7)62-35-24-43(10,58-13)45(55,32(8)60-35)26-48-20-17-16-18-21-48/h27-39,41,50-51,53-55H,14-26H2,1-13H3,(H2,46,56,57)/t27?,28-,29?,30?,31?,32+,33+,34?,35+,36-,37?,38?,39?,41+,42?,43-,44?,45+/m1/s1. The summed E-state index contributed by atoms with van der Waals surface area (Å²) in [5.41, 5.74) is -6.23. The molecule has 0 amide bonds. The molecular weight excluding hydrogens is 853 g/mol. The van der Waals surface area contributed by atoms with E-state index in [0.717, 1.165) is 43.1 Å². The third-order valence-corrected chi connectivity index (χ3v) is 16.2. The van der Waals surface area contributed by atoms with Crippen molar-refractivity contribution in [2.45, 2.75) is 217 Å². The number of piperidine rings is 1. The maximum atomic E-state index is 14.6. The second-order valence-corrected chi connectivity index (χ2v) is 22.1. The zero-order valence-electron chi connectivity index (χ0n) is 41.0. The Morgan fingerprint density at radius 1 is 0.938 bits per heavy atom. The number of cyclic esters (lactones) is 1. The van der Waals surface area contributed by atoms with Crippen molar-refractivity contribution in [2.24, 2.45) is 22.9 Å². The molecule has 10 unspecified atom stereocenters. The van der Waals surface area contributed by atoms with E-state index in [1.807, 2.05) is 32.6 Å². The van der Waals surface area contributed by atoms with E-state index in [9.17, 15) is 38.7 Å². The second-order valence-electron chi connectivity index (χ2n) is 20.5. The molecule has 4 rings (SSSR count). The van der Waals surface area contributed by atoms with E-state index < -0.39 is 118 Å². The molecule has 4 heterocycles. The van der Waals surface area contributed by atoms with Gasteiger partial charge in [-0.2, -0.15) is 12.7 Å². The summed E-state index contributed by atoms with van der Waals surface area (Å²) in [6.45, 7) is 22.3. The van der Waals surface area contributed by atoms with Crippen molar-refractivity contribution in [2.75, 3.05) is 46.9 Å². The Balaban J connectivity index is 1.85. The lowest BCUT2D eigenvalue weighted by atomic mass is 9.74. The number of carbonyl (C=O) groups excluding carboxylic acids is 1. The van der Waals surface area contributed by atoms with Crippen LogP contribution in [0.1, 0.15) is 128 Å². The number of hydrogen-bond acceptors (Lipinski definition) is 16. The van der Waals surface area contributed by atoms with E-state index in [1.165, 1.54) is 21.1 Å². The summed E-state index contributed by atoms with van der Waals surface area (Å²) < 4.78 is 64.6. The minimum atomic E-state index is -4.24. The van der Waals surface area contributed by atoms with Crippen LogP contribution in [-0.2, 0) is 43.4 Å². The fourth-order valence-corrected chi connectivity index (χ4v) is 11.6. The highest BCUT2D eigenvalue weighted by Gasteiger charge is 2.59. The van der Waals surface area contributed by atoms with Crippen LogP contribution in [0.2, 0.25) is 0 Å². The van der Waals surface area contributed by atoms with Gasteiger partial charge in [0.25, 0.3) is 10.2 Å². The summed E-state index contributed by atoms with van der Waals surface area (Å²) in [4.78, 5) is 18.9. The predicted molar refractivity (Wildman–Crippen MR) is 240 cm³/mol. The third kappa shape index (κ3) is 12.4. The Hall–Kier alpha value is -1.14. The lowest BCUT2D eigenvalue weighted by Gasteiger charge is -2.55. The van der Waals surface area contributed by atoms with E-state index in [0.29, 0.717) is 19.6 Å². The van der Waals surface area contributed by atoms with Crippen molar-refractivity contribution in [1.82, 2.24) is 14.1 Å². The first-order valence-corrected chi connectivity index (χ1v) is 25.2. The number of aliphatic hydroxyl groups is 5. The number of esters is 1. The maximum Gasteiger partial charge on any atom is 0.311 e. The van der Waals surface area contributed by atoms with Crippen LogP contribution in [0.25, 0.3) is 0 Å². The number of likely N-dealkylation sites (N-methyl/N-ethyl adjacent to an activating group) is 1. The largest absolute Gasteiger partial charge is 0.459 e. The molecule has 376 valence electrons. The van der Waals surface area contributed by atoms with Gasteiger partial charge < -0.3 is 58.9 Å². The lowest BCUT2D eigenvalue weighted by Crippen LogP contribution is -2.70. The van der Waals surface area contributed by atoms with Gasteiger partial charge in [-0.05, 0) is 113 Å². The monoisotopic (exact) mass is 939 g/mol. The van der Waals surface area contributed by atoms with Crippen LogP contribution in [0.3, 0.4) is 0 Å². The maximum absolute atomic E-state index is 14.6. The van der Waals surface area contributed by atoms with E-state index in [-0.39, 0.29) is 31.6 Å². The van der Waals surface area contributed by atoms with Crippen LogP contribution >= 0.6 is 0 Å². The van der Waals surface area contributed by atoms with Crippen molar-refractivity contribution in [1.29, 1.82) is 0 Å². The van der Waals surface area contributed by atoms with Gasteiger partial charge in [-0.15, -0.1) is 0 Å². The molecule has 0 aliphatic carbocycles. The first kappa shape index (κ1) is 55.5. The molecule has 0 aromatic rings. The molecule has 18 nitrogen and oxygen atoms in total. The topological polar surface area (TPSA) is 243 Å². The lowest BCUT2D eigenvalue weighted by molar-refractivity contribution is -0.339. The van der Waals surface area contributed by atoms with Gasteiger partial charge in [0.1, 0.15) is 35.1 Å². The molecule has 4 aliphatic rings. The third-order valence-electron chi connectivity index (χ3n) is 15.1. The molecule has 7 N–H and O–H groups in total. The SMILES string of the molecule is CCCN1CC(C)CC(C)(O)C(O[C@@H]2O[C@H](C)C[C@H](N(C)S(N)(=O)=O)[C@H]2O)C(C)C(O[C@H]2C[C@@](C)(OC)[C@](O)(CN3CCCCC3)[C@H](C)O2)C(C)C(=O)OC(CC)C(C)(O)C(O)C1C. The minimum Gasteiger partial charge on any atom is -0.459 e. The van der Waals surface area contributed by atoms with E-state index in [2.05, 4.69) is 4.90 Å². The fraction of sp³-hybridized carbons (Fsp3) is 0.978. The van der Waals surface area contributed by atoms with Crippen molar-refractivity contribution >= 4 is 16.2 Å². The quantitative estimate of drug-likeness (QED) is 0.154. The Morgan fingerprint density at radius 2 is 1.56 bits per heavy atom. The number of nitrogens with zero attached hydrogens (tertiary/aromatic N) is 3. The van der Waals surface area contributed by atoms with Gasteiger partial charge in [0.05, 0.1) is 42.0 Å². The van der Waals surface area contributed by atoms with Gasteiger partial charge in [0.15, 0.2) is 12.6 Å². The van der Waals surface area contributed by atoms with Crippen LogP contribution in [0, 0.1) is 17.8 Å². The highest BCUT2D eigenvalue weighted by atomic mass is 32.2. The molecule has 0 aromatic heterocycles. The van der Waals surface area contributed by atoms with Gasteiger partial charge >= 0.3 is 5.97 Å². The Bertz CT molecular complexity index is 1610. The Kier molecular flexibility index (Phi) is 19.1. The van der Waals surface area contributed by atoms with Gasteiger partial charge in [-0.3, -0.25) is 9.69 Å². The van der Waals surface area contributed by atoms with E-state index >= 15 is 0 Å². The van der Waals surface area contributed by atoms with Crippen molar-refractivity contribution in [3.63, 3.8) is 0 Å². The molecule has 19 heteroatoms. The van der Waals surface area contributed by atoms with Gasteiger partial charge in [-0.25, -0.2) is 5.14 Å². The normalized spacial score (nSPS) is 45.7. The highest BCUT2D eigenvalue weighted by Crippen LogP contribution is 2.44. The molecule has 0 radical (unpaired) electrons. The summed E-state index contributed by atoms with van der Waals surface area (Å²) >= 11 is 0. The van der Waals surface area contributed by atoms with Gasteiger partial charge in [0, 0.05) is 45.6 Å². The summed E-state index contributed by atoms with van der Waals surface area (Å²) in [5.74, 6) is -3.06. The smallest absolute Gasteiger partial charge is 0.311 e. The van der Waals surface area contributed by atoms with Crippen LogP contribution < -0.4 is 5.14 Å². The fourth-order valence-electron chi connectivity index (χ4n) is 11.0. The van der Waals surface area contributed by atoms with Crippen LogP contribution in [0.5, 0.6) is 0 Å². The number of β-amino-alcohol motifs (C(OH)–C–C–N with tert-alkyl or cyclic N) is 1. The van der Waals surface area contributed by atoms with E-state index in [4.69, 9.17) is 33.6 Å². The summed E-state index contributed by atoms with van der Waals surface area (Å²) in [7, 11) is -1.43. The molecule has 0 saturated carbocycles. The molecule has 0 spiro atoms. The number of rotatable bonds is 12. The molecule has 18 atom stereocenters. The molecule has 4 fully saturated rings. The number of likely N-dealkylation sites (tertiary alicyclic amines) is 1. The number of methoxy groups -OCH3 is 1. The zero-order valence-corrected chi connectivity index (χ0v) is 41.8. The van der Waals surface area contributed by atoms with Crippen molar-refractivity contribution < 1.29 is 67.2 Å². The predicted octanol–water partition coefficient (Wildman–Crippen LogP) is 2.11. The van der Waals surface area contributed by atoms with Gasteiger partial charge in [-0.1, -0.05) is 34.1 Å². The number of carbonyl (C=O) groups is 1. The molecule has 64 heavy (non-hydrogen) atoms. The number of nitrogens with two attached hydrogens (primary N) is 1. The van der Waals surface area contributed by atoms with Crippen LogP contribution in [0.4, 0.5) is 0 Å². The first-order chi connectivity index (χ1) is 29.6. The molecule has 4 aliphatic heterocycles. The number of ether oxygens (including phenoxy) is 6.